The highest BCUT2D eigenvalue weighted by molar-refractivity contribution is 8.14. The van der Waals surface area contributed by atoms with Crippen LogP contribution in [-0.4, -0.2) is 28.2 Å². The van der Waals surface area contributed by atoms with Crippen LogP contribution in [0, 0.1) is 0 Å². The number of thiazole rings is 1. The van der Waals surface area contributed by atoms with Gasteiger partial charge in [0, 0.05) is 16.5 Å². The van der Waals surface area contributed by atoms with E-state index in [2.05, 4.69) is 36.1 Å². The molecule has 0 aliphatic carbocycles. The molecule has 0 amide bonds. The van der Waals surface area contributed by atoms with Crippen molar-refractivity contribution in [3.8, 4) is 0 Å². The summed E-state index contributed by atoms with van der Waals surface area (Å²) in [5.74, 6) is 0.750. The van der Waals surface area contributed by atoms with E-state index in [9.17, 15) is 4.79 Å². The summed E-state index contributed by atoms with van der Waals surface area (Å²) < 4.78 is 0. The van der Waals surface area contributed by atoms with Crippen molar-refractivity contribution in [2.24, 2.45) is 4.99 Å². The normalized spacial score (nSPS) is 22.8. The number of carbonyl (C=O) groups excluding carboxylic acids is 1. The largest absolute Gasteiger partial charge is 0.354 e. The van der Waals surface area contributed by atoms with Crippen LogP contribution in [0.25, 0.3) is 0 Å². The van der Waals surface area contributed by atoms with Crippen LogP contribution in [0.2, 0.25) is 0 Å². The summed E-state index contributed by atoms with van der Waals surface area (Å²) in [6, 6.07) is -0.110. The zero-order valence-electron chi connectivity index (χ0n) is 10.1. The number of nitrogens with zero attached hydrogens (tertiary/aromatic N) is 2. The van der Waals surface area contributed by atoms with E-state index < -0.39 is 0 Å². The quantitative estimate of drug-likeness (QED) is 0.837. The second-order valence-electron chi connectivity index (χ2n) is 4.88. The monoisotopic (exact) mass is 269 g/mol. The number of hydrogen-bond acceptors (Lipinski definition) is 5. The fraction of sp³-hybridized carbons (Fsp3) is 0.545. The molecule has 1 atom stereocenters. The van der Waals surface area contributed by atoms with Crippen LogP contribution in [0.3, 0.4) is 0 Å². The Morgan fingerprint density at radius 3 is 2.88 bits per heavy atom. The lowest BCUT2D eigenvalue weighted by Crippen LogP contribution is -2.27. The van der Waals surface area contributed by atoms with Gasteiger partial charge in [0.05, 0.1) is 11.7 Å². The Kier molecular flexibility index (Phi) is 3.53. The van der Waals surface area contributed by atoms with Crippen molar-refractivity contribution in [3.63, 3.8) is 0 Å². The van der Waals surface area contributed by atoms with Crippen molar-refractivity contribution in [2.75, 3.05) is 5.75 Å². The van der Waals surface area contributed by atoms with E-state index in [1.54, 1.807) is 11.8 Å². The maximum atomic E-state index is 10.6. The molecule has 0 bridgehead atoms. The van der Waals surface area contributed by atoms with E-state index >= 15 is 0 Å². The number of rotatable bonds is 2. The van der Waals surface area contributed by atoms with Gasteiger partial charge < -0.3 is 10.1 Å². The second kappa shape index (κ2) is 4.78. The van der Waals surface area contributed by atoms with Crippen molar-refractivity contribution in [2.45, 2.75) is 32.2 Å². The highest BCUT2D eigenvalue weighted by Gasteiger charge is 2.21. The van der Waals surface area contributed by atoms with E-state index in [0.717, 1.165) is 28.0 Å². The van der Waals surface area contributed by atoms with E-state index in [-0.39, 0.29) is 11.5 Å². The van der Waals surface area contributed by atoms with Gasteiger partial charge >= 0.3 is 0 Å². The molecule has 92 valence electrons. The van der Waals surface area contributed by atoms with Gasteiger partial charge in [0.2, 0.25) is 5.13 Å². The molecule has 1 aliphatic rings. The molecule has 0 radical (unpaired) electrons. The first-order valence-corrected chi connectivity index (χ1v) is 7.25. The SMILES string of the molecule is CC(C)(C)c1csc(N=C2NC(C=O)CS2)n1. The molecule has 1 aliphatic heterocycles. The summed E-state index contributed by atoms with van der Waals surface area (Å²) in [7, 11) is 0. The summed E-state index contributed by atoms with van der Waals surface area (Å²) in [4.78, 5) is 19.5. The number of aldehydes is 1. The minimum atomic E-state index is -0.110. The number of amidine groups is 1. The van der Waals surface area contributed by atoms with Crippen LogP contribution in [0.4, 0.5) is 5.13 Å². The molecule has 2 rings (SSSR count). The van der Waals surface area contributed by atoms with Gasteiger partial charge in [-0.1, -0.05) is 32.5 Å². The lowest BCUT2D eigenvalue weighted by Gasteiger charge is -2.13. The van der Waals surface area contributed by atoms with Crippen LogP contribution >= 0.6 is 23.1 Å². The molecule has 4 nitrogen and oxygen atoms in total. The third-order valence-electron chi connectivity index (χ3n) is 2.33. The Labute approximate surface area is 109 Å². The smallest absolute Gasteiger partial charge is 0.211 e. The van der Waals surface area contributed by atoms with Crippen molar-refractivity contribution in [1.29, 1.82) is 0 Å². The van der Waals surface area contributed by atoms with Crippen LogP contribution in [0.15, 0.2) is 10.4 Å². The number of aliphatic imine (C=N–C) groups is 1. The van der Waals surface area contributed by atoms with Crippen molar-refractivity contribution < 1.29 is 4.79 Å². The second-order valence-corrected chi connectivity index (χ2v) is 6.73. The summed E-state index contributed by atoms with van der Waals surface area (Å²) in [6.45, 7) is 6.39. The Balaban J connectivity index is 2.12. The molecular weight excluding hydrogens is 254 g/mol. The first-order chi connectivity index (χ1) is 7.99. The summed E-state index contributed by atoms with van der Waals surface area (Å²) in [6.07, 6.45) is 0.915. The van der Waals surface area contributed by atoms with E-state index in [4.69, 9.17) is 0 Å². The minimum absolute atomic E-state index is 0.0521. The molecule has 0 saturated carbocycles. The van der Waals surface area contributed by atoms with Crippen LogP contribution in [0.5, 0.6) is 0 Å². The van der Waals surface area contributed by atoms with Gasteiger partial charge in [0.1, 0.15) is 6.29 Å². The van der Waals surface area contributed by atoms with Gasteiger partial charge in [-0.2, -0.15) is 4.99 Å². The zero-order valence-corrected chi connectivity index (χ0v) is 11.7. The van der Waals surface area contributed by atoms with Crippen LogP contribution < -0.4 is 5.32 Å². The topological polar surface area (TPSA) is 54.4 Å². The van der Waals surface area contributed by atoms with Crippen molar-refractivity contribution >= 4 is 39.7 Å². The molecule has 1 unspecified atom stereocenters. The number of aromatic nitrogens is 1. The maximum Gasteiger partial charge on any atom is 0.211 e. The average molecular weight is 269 g/mol. The molecule has 1 aromatic rings. The van der Waals surface area contributed by atoms with Crippen molar-refractivity contribution in [3.05, 3.63) is 11.1 Å². The van der Waals surface area contributed by atoms with Gasteiger partial charge in [-0.05, 0) is 0 Å². The summed E-state index contributed by atoms with van der Waals surface area (Å²) in [5, 5.41) is 6.62. The molecular formula is C11H15N3OS2. The van der Waals surface area contributed by atoms with Crippen LogP contribution in [0.1, 0.15) is 26.5 Å². The molecule has 0 spiro atoms. The molecule has 1 fully saturated rings. The highest BCUT2D eigenvalue weighted by Crippen LogP contribution is 2.29. The van der Waals surface area contributed by atoms with Crippen LogP contribution in [-0.2, 0) is 10.2 Å². The van der Waals surface area contributed by atoms with E-state index in [1.165, 1.54) is 11.3 Å². The van der Waals surface area contributed by atoms with Gasteiger partial charge in [-0.15, -0.1) is 11.3 Å². The molecule has 6 heteroatoms. The highest BCUT2D eigenvalue weighted by atomic mass is 32.2. The van der Waals surface area contributed by atoms with Gasteiger partial charge in [0.25, 0.3) is 0 Å². The summed E-state index contributed by atoms with van der Waals surface area (Å²) >= 11 is 3.09. The van der Waals surface area contributed by atoms with E-state index in [1.807, 2.05) is 5.38 Å². The number of nitrogens with one attached hydrogen (secondary N) is 1. The third kappa shape index (κ3) is 3.07. The van der Waals surface area contributed by atoms with Gasteiger partial charge in [-0.25, -0.2) is 4.98 Å². The zero-order chi connectivity index (χ0) is 12.5. The minimum Gasteiger partial charge on any atom is -0.354 e. The Morgan fingerprint density at radius 2 is 2.35 bits per heavy atom. The molecule has 2 heterocycles. The van der Waals surface area contributed by atoms with Crippen molar-refractivity contribution in [1.82, 2.24) is 10.3 Å². The van der Waals surface area contributed by atoms with E-state index in [0.29, 0.717) is 0 Å². The Hall–Kier alpha value is -0.880. The molecule has 1 aromatic heterocycles. The van der Waals surface area contributed by atoms with Gasteiger partial charge in [-0.3, -0.25) is 0 Å². The third-order valence-corrected chi connectivity index (χ3v) is 4.07. The number of hydrogen-bond donors (Lipinski definition) is 1. The van der Waals surface area contributed by atoms with Gasteiger partial charge in [0.15, 0.2) is 5.17 Å². The lowest BCUT2D eigenvalue weighted by atomic mass is 9.93. The summed E-state index contributed by atoms with van der Waals surface area (Å²) in [5.41, 5.74) is 1.10. The Bertz CT molecular complexity index is 448. The maximum absolute atomic E-state index is 10.6. The Morgan fingerprint density at radius 1 is 1.59 bits per heavy atom. The predicted octanol–water partition coefficient (Wildman–Crippen LogP) is 2.33. The molecule has 0 aromatic carbocycles. The lowest BCUT2D eigenvalue weighted by molar-refractivity contribution is -0.108. The standard InChI is InChI=1S/C11H15N3OS2/c1-11(2,3)8-6-17-10(13-8)14-9-12-7(4-15)5-16-9/h4,6-7H,5H2,1-3H3,(H,12,13,14). The first kappa shape index (κ1) is 12.6. The first-order valence-electron chi connectivity index (χ1n) is 5.38. The predicted molar refractivity (Wildman–Crippen MR) is 73.4 cm³/mol. The molecule has 1 N–H and O–H groups in total. The fourth-order valence-electron chi connectivity index (χ4n) is 1.30. The number of thioether (sulfide) groups is 1. The molecule has 1 saturated heterocycles. The average Bonchev–Trinajstić information content (AvgIpc) is 2.86. The number of carbonyl (C=O) groups is 1. The molecule has 17 heavy (non-hydrogen) atoms. The fourth-order valence-corrected chi connectivity index (χ4v) is 3.16.